The van der Waals surface area contributed by atoms with Gasteiger partial charge in [0.2, 0.25) is 5.95 Å². The maximum atomic E-state index is 4.48. The van der Waals surface area contributed by atoms with Crippen LogP contribution in [0.5, 0.6) is 0 Å². The highest BCUT2D eigenvalue weighted by atomic mass is 32.2. The standard InChI is InChI=1S/C12H20N4S/c1-4-13-11-14-7-9(2)10(16-11)15-8-12(17-3)5-6-12/h7H,4-6,8H2,1-3H3,(H2,13,14,15,16). The summed E-state index contributed by atoms with van der Waals surface area (Å²) < 4.78 is 0.454. The van der Waals surface area contributed by atoms with Crippen molar-refractivity contribution in [1.29, 1.82) is 0 Å². The third-order valence-corrected chi connectivity index (χ3v) is 4.54. The lowest BCUT2D eigenvalue weighted by Gasteiger charge is -2.15. The van der Waals surface area contributed by atoms with E-state index in [-0.39, 0.29) is 0 Å². The van der Waals surface area contributed by atoms with Gasteiger partial charge in [0.15, 0.2) is 0 Å². The highest BCUT2D eigenvalue weighted by Gasteiger charge is 2.41. The third kappa shape index (κ3) is 3.03. The van der Waals surface area contributed by atoms with Gasteiger partial charge in [-0.25, -0.2) is 4.98 Å². The minimum atomic E-state index is 0.454. The zero-order valence-corrected chi connectivity index (χ0v) is 11.5. The summed E-state index contributed by atoms with van der Waals surface area (Å²) in [5.74, 6) is 1.66. The van der Waals surface area contributed by atoms with E-state index in [0.717, 1.165) is 24.5 Å². The van der Waals surface area contributed by atoms with Gasteiger partial charge in [0.25, 0.3) is 0 Å². The highest BCUT2D eigenvalue weighted by molar-refractivity contribution is 8.00. The van der Waals surface area contributed by atoms with Gasteiger partial charge in [-0.3, -0.25) is 0 Å². The average molecular weight is 252 g/mol. The van der Waals surface area contributed by atoms with Crippen LogP contribution in [0.3, 0.4) is 0 Å². The summed E-state index contributed by atoms with van der Waals surface area (Å²) in [6.45, 7) is 5.93. The molecule has 17 heavy (non-hydrogen) atoms. The maximum Gasteiger partial charge on any atom is 0.224 e. The van der Waals surface area contributed by atoms with Crippen LogP contribution in [0.25, 0.3) is 0 Å². The Hall–Kier alpha value is -0.970. The molecule has 5 heteroatoms. The summed E-state index contributed by atoms with van der Waals surface area (Å²) >= 11 is 1.96. The molecule has 0 spiro atoms. The van der Waals surface area contributed by atoms with Crippen LogP contribution in [0, 0.1) is 6.92 Å². The number of hydrogen-bond donors (Lipinski definition) is 2. The Kier molecular flexibility index (Phi) is 3.76. The predicted octanol–water partition coefficient (Wildman–Crippen LogP) is 2.52. The Morgan fingerprint density at radius 1 is 1.41 bits per heavy atom. The van der Waals surface area contributed by atoms with E-state index in [9.17, 15) is 0 Å². The molecule has 94 valence electrons. The minimum absolute atomic E-state index is 0.454. The number of nitrogens with one attached hydrogen (secondary N) is 2. The first-order valence-electron chi connectivity index (χ1n) is 6.05. The lowest BCUT2D eigenvalue weighted by atomic mass is 10.3. The molecule has 2 rings (SSSR count). The second kappa shape index (κ2) is 5.12. The normalized spacial score (nSPS) is 16.6. The zero-order chi connectivity index (χ0) is 12.3. The molecule has 0 amide bonds. The van der Waals surface area contributed by atoms with Crippen molar-refractivity contribution in [2.45, 2.75) is 31.4 Å². The van der Waals surface area contributed by atoms with E-state index in [2.05, 4.69) is 26.9 Å². The molecule has 2 N–H and O–H groups in total. The van der Waals surface area contributed by atoms with Crippen LogP contribution in [0.2, 0.25) is 0 Å². The Balaban J connectivity index is 2.01. The van der Waals surface area contributed by atoms with Crippen molar-refractivity contribution in [1.82, 2.24) is 9.97 Å². The summed E-state index contributed by atoms with van der Waals surface area (Å²) in [6, 6.07) is 0. The van der Waals surface area contributed by atoms with Gasteiger partial charge in [-0.1, -0.05) is 0 Å². The van der Waals surface area contributed by atoms with E-state index in [1.807, 2.05) is 31.8 Å². The van der Waals surface area contributed by atoms with Crippen LogP contribution in [0.1, 0.15) is 25.3 Å². The maximum absolute atomic E-state index is 4.48. The van der Waals surface area contributed by atoms with E-state index in [1.165, 1.54) is 12.8 Å². The molecular formula is C12H20N4S. The number of thioether (sulfide) groups is 1. The fraction of sp³-hybridized carbons (Fsp3) is 0.667. The molecule has 1 heterocycles. The van der Waals surface area contributed by atoms with Gasteiger partial charge in [0.05, 0.1) is 0 Å². The number of nitrogens with zero attached hydrogens (tertiary/aromatic N) is 2. The molecule has 1 aromatic heterocycles. The van der Waals surface area contributed by atoms with Gasteiger partial charge in [-0.05, 0) is 32.9 Å². The number of hydrogen-bond acceptors (Lipinski definition) is 5. The molecule has 0 bridgehead atoms. The summed E-state index contributed by atoms with van der Waals surface area (Å²) in [7, 11) is 0. The molecule has 0 aliphatic heterocycles. The first-order valence-corrected chi connectivity index (χ1v) is 7.28. The summed E-state index contributed by atoms with van der Waals surface area (Å²) in [5.41, 5.74) is 1.10. The molecule has 0 unspecified atom stereocenters. The van der Waals surface area contributed by atoms with Crippen molar-refractivity contribution in [3.05, 3.63) is 11.8 Å². The fourth-order valence-corrected chi connectivity index (χ4v) is 2.43. The van der Waals surface area contributed by atoms with E-state index >= 15 is 0 Å². The first kappa shape index (κ1) is 12.5. The molecule has 1 aliphatic rings. The zero-order valence-electron chi connectivity index (χ0n) is 10.7. The fourth-order valence-electron chi connectivity index (χ4n) is 1.70. The molecular weight excluding hydrogens is 232 g/mol. The molecule has 4 nitrogen and oxygen atoms in total. The Labute approximate surface area is 107 Å². The van der Waals surface area contributed by atoms with Gasteiger partial charge in [0.1, 0.15) is 5.82 Å². The van der Waals surface area contributed by atoms with Gasteiger partial charge >= 0.3 is 0 Å². The topological polar surface area (TPSA) is 49.8 Å². The van der Waals surface area contributed by atoms with Crippen LogP contribution in [0.4, 0.5) is 11.8 Å². The predicted molar refractivity (Wildman–Crippen MR) is 74.9 cm³/mol. The van der Waals surface area contributed by atoms with Gasteiger partial charge in [-0.2, -0.15) is 16.7 Å². The second-order valence-corrected chi connectivity index (χ2v) is 5.77. The number of rotatable bonds is 6. The van der Waals surface area contributed by atoms with Crippen LogP contribution in [-0.4, -0.2) is 34.1 Å². The Morgan fingerprint density at radius 2 is 2.18 bits per heavy atom. The second-order valence-electron chi connectivity index (χ2n) is 4.50. The summed E-state index contributed by atoms with van der Waals surface area (Å²) in [6.07, 6.45) is 6.67. The van der Waals surface area contributed by atoms with Crippen molar-refractivity contribution in [2.24, 2.45) is 0 Å². The smallest absolute Gasteiger partial charge is 0.224 e. The highest BCUT2D eigenvalue weighted by Crippen LogP contribution is 2.47. The SMILES string of the molecule is CCNc1ncc(C)c(NCC2(SC)CC2)n1. The van der Waals surface area contributed by atoms with Crippen molar-refractivity contribution < 1.29 is 0 Å². The van der Waals surface area contributed by atoms with E-state index in [0.29, 0.717) is 10.7 Å². The van der Waals surface area contributed by atoms with Crippen molar-refractivity contribution in [3.63, 3.8) is 0 Å². The first-order chi connectivity index (χ1) is 8.19. The summed E-state index contributed by atoms with van der Waals surface area (Å²) in [5, 5.41) is 6.59. The molecule has 0 atom stereocenters. The van der Waals surface area contributed by atoms with Crippen molar-refractivity contribution in [2.75, 3.05) is 30.0 Å². The van der Waals surface area contributed by atoms with Gasteiger partial charge in [-0.15, -0.1) is 0 Å². The quantitative estimate of drug-likeness (QED) is 0.815. The Morgan fingerprint density at radius 3 is 2.76 bits per heavy atom. The molecule has 1 aliphatic carbocycles. The van der Waals surface area contributed by atoms with Gasteiger partial charge in [0, 0.05) is 29.6 Å². The molecule has 0 aromatic carbocycles. The van der Waals surface area contributed by atoms with E-state index in [4.69, 9.17) is 0 Å². The lowest BCUT2D eigenvalue weighted by molar-refractivity contribution is 0.931. The van der Waals surface area contributed by atoms with Crippen LogP contribution in [0.15, 0.2) is 6.20 Å². The van der Waals surface area contributed by atoms with Gasteiger partial charge < -0.3 is 10.6 Å². The third-order valence-electron chi connectivity index (χ3n) is 3.13. The molecule has 0 radical (unpaired) electrons. The molecule has 0 saturated heterocycles. The number of aryl methyl sites for hydroxylation is 1. The van der Waals surface area contributed by atoms with Crippen molar-refractivity contribution in [3.8, 4) is 0 Å². The van der Waals surface area contributed by atoms with Crippen LogP contribution in [-0.2, 0) is 0 Å². The van der Waals surface area contributed by atoms with E-state index in [1.54, 1.807) is 0 Å². The molecule has 1 saturated carbocycles. The average Bonchev–Trinajstić information content (AvgIpc) is 3.11. The summed E-state index contributed by atoms with van der Waals surface area (Å²) in [4.78, 5) is 8.73. The number of aromatic nitrogens is 2. The van der Waals surface area contributed by atoms with Crippen LogP contribution >= 0.6 is 11.8 Å². The molecule has 1 fully saturated rings. The molecule has 1 aromatic rings. The Bertz CT molecular complexity index is 390. The monoisotopic (exact) mass is 252 g/mol. The largest absolute Gasteiger partial charge is 0.368 e. The van der Waals surface area contributed by atoms with E-state index < -0.39 is 0 Å². The van der Waals surface area contributed by atoms with Crippen molar-refractivity contribution >= 4 is 23.5 Å². The number of anilines is 2. The lowest BCUT2D eigenvalue weighted by Crippen LogP contribution is -2.19. The van der Waals surface area contributed by atoms with Crippen LogP contribution < -0.4 is 10.6 Å². The minimum Gasteiger partial charge on any atom is -0.368 e.